The van der Waals surface area contributed by atoms with Crippen LogP contribution in [0.1, 0.15) is 19.8 Å². The van der Waals surface area contributed by atoms with E-state index in [9.17, 15) is 9.59 Å². The molecule has 0 saturated carbocycles. The van der Waals surface area contributed by atoms with Gasteiger partial charge < -0.3 is 10.4 Å². The first-order chi connectivity index (χ1) is 9.42. The van der Waals surface area contributed by atoms with E-state index in [0.29, 0.717) is 16.5 Å². The topological polar surface area (TPSA) is 66.4 Å². The zero-order chi connectivity index (χ0) is 15.1. The van der Waals surface area contributed by atoms with Gasteiger partial charge in [-0.05, 0) is 24.6 Å². The summed E-state index contributed by atoms with van der Waals surface area (Å²) in [6.45, 7) is 1.83. The van der Waals surface area contributed by atoms with E-state index in [0.717, 1.165) is 4.90 Å². The number of halogens is 2. The lowest BCUT2D eigenvalue weighted by molar-refractivity contribution is -0.137. The van der Waals surface area contributed by atoms with Crippen molar-refractivity contribution in [3.8, 4) is 0 Å². The zero-order valence-corrected chi connectivity index (χ0v) is 13.2. The van der Waals surface area contributed by atoms with Gasteiger partial charge >= 0.3 is 5.97 Å². The molecule has 0 spiro atoms. The molecule has 1 amide bonds. The van der Waals surface area contributed by atoms with E-state index in [1.807, 2.05) is 6.92 Å². The summed E-state index contributed by atoms with van der Waals surface area (Å²) in [4.78, 5) is 23.1. The second kappa shape index (κ2) is 8.39. The predicted octanol–water partition coefficient (Wildman–Crippen LogP) is 3.46. The van der Waals surface area contributed by atoms with Crippen LogP contribution in [-0.4, -0.2) is 28.8 Å². The number of benzene rings is 1. The van der Waals surface area contributed by atoms with Crippen molar-refractivity contribution in [1.29, 1.82) is 0 Å². The molecule has 0 aromatic heterocycles. The van der Waals surface area contributed by atoms with Crippen molar-refractivity contribution < 1.29 is 14.7 Å². The average molecular weight is 336 g/mol. The first-order valence-electron chi connectivity index (χ1n) is 6.01. The molecule has 1 unspecified atom stereocenters. The van der Waals surface area contributed by atoms with Gasteiger partial charge in [0, 0.05) is 16.0 Å². The van der Waals surface area contributed by atoms with Gasteiger partial charge in [0.25, 0.3) is 0 Å². The third-order valence-electron chi connectivity index (χ3n) is 2.53. The van der Waals surface area contributed by atoms with E-state index in [2.05, 4.69) is 5.32 Å². The van der Waals surface area contributed by atoms with Crippen LogP contribution >= 0.6 is 35.0 Å². The molecule has 4 nitrogen and oxygen atoms in total. The third kappa shape index (κ3) is 6.03. The molecule has 20 heavy (non-hydrogen) atoms. The van der Waals surface area contributed by atoms with Crippen molar-refractivity contribution in [2.45, 2.75) is 30.7 Å². The Morgan fingerprint density at radius 1 is 1.40 bits per heavy atom. The molecule has 0 aliphatic heterocycles. The highest BCUT2D eigenvalue weighted by molar-refractivity contribution is 8.00. The Morgan fingerprint density at radius 3 is 2.70 bits per heavy atom. The van der Waals surface area contributed by atoms with Gasteiger partial charge in [-0.25, -0.2) is 0 Å². The number of thioether (sulfide) groups is 1. The molecule has 1 aromatic rings. The van der Waals surface area contributed by atoms with E-state index < -0.39 is 5.97 Å². The summed E-state index contributed by atoms with van der Waals surface area (Å²) in [7, 11) is 0. The minimum atomic E-state index is -0.928. The van der Waals surface area contributed by atoms with E-state index in [4.69, 9.17) is 28.3 Å². The van der Waals surface area contributed by atoms with Gasteiger partial charge in [0.2, 0.25) is 5.91 Å². The second-order valence-electron chi connectivity index (χ2n) is 4.13. The SMILES string of the molecule is CCC(CC(=O)O)NC(=O)CSc1cc(Cl)ccc1Cl. The molecule has 1 rings (SSSR count). The normalized spacial score (nSPS) is 11.9. The van der Waals surface area contributed by atoms with Crippen molar-refractivity contribution >= 4 is 46.8 Å². The highest BCUT2D eigenvalue weighted by atomic mass is 35.5. The number of carboxylic acid groups (broad SMARTS) is 1. The molecular formula is C13H15Cl2NO3S. The van der Waals surface area contributed by atoms with Crippen LogP contribution in [0.5, 0.6) is 0 Å². The van der Waals surface area contributed by atoms with Crippen molar-refractivity contribution in [2.75, 3.05) is 5.75 Å². The van der Waals surface area contributed by atoms with Gasteiger partial charge in [-0.1, -0.05) is 30.1 Å². The van der Waals surface area contributed by atoms with E-state index in [-0.39, 0.29) is 24.1 Å². The van der Waals surface area contributed by atoms with Crippen LogP contribution in [0.2, 0.25) is 10.0 Å². The number of carbonyl (C=O) groups excluding carboxylic acids is 1. The molecule has 0 heterocycles. The van der Waals surface area contributed by atoms with Crippen LogP contribution in [0.3, 0.4) is 0 Å². The summed E-state index contributed by atoms with van der Waals surface area (Å²) in [5.74, 6) is -0.988. The van der Waals surface area contributed by atoms with E-state index in [1.165, 1.54) is 11.8 Å². The maximum Gasteiger partial charge on any atom is 0.305 e. The lowest BCUT2D eigenvalue weighted by Gasteiger charge is -2.14. The number of carboxylic acids is 1. The first kappa shape index (κ1) is 17.1. The summed E-state index contributed by atoms with van der Waals surface area (Å²) in [5, 5.41) is 12.5. The molecule has 110 valence electrons. The molecule has 2 N–H and O–H groups in total. The fraction of sp³-hybridized carbons (Fsp3) is 0.385. The second-order valence-corrected chi connectivity index (χ2v) is 5.99. The Morgan fingerprint density at radius 2 is 2.10 bits per heavy atom. The van der Waals surface area contributed by atoms with Crippen molar-refractivity contribution in [2.24, 2.45) is 0 Å². The lowest BCUT2D eigenvalue weighted by Crippen LogP contribution is -2.37. The highest BCUT2D eigenvalue weighted by Gasteiger charge is 2.14. The quantitative estimate of drug-likeness (QED) is 0.749. The van der Waals surface area contributed by atoms with Gasteiger partial charge in [-0.15, -0.1) is 11.8 Å². The Kier molecular flexibility index (Phi) is 7.19. The molecular weight excluding hydrogens is 321 g/mol. The van der Waals surface area contributed by atoms with Crippen molar-refractivity contribution in [1.82, 2.24) is 5.32 Å². The van der Waals surface area contributed by atoms with Gasteiger partial charge in [-0.2, -0.15) is 0 Å². The zero-order valence-electron chi connectivity index (χ0n) is 10.9. The van der Waals surface area contributed by atoms with E-state index >= 15 is 0 Å². The number of amides is 1. The van der Waals surface area contributed by atoms with Crippen LogP contribution in [-0.2, 0) is 9.59 Å². The minimum Gasteiger partial charge on any atom is -0.481 e. The summed E-state index contributed by atoms with van der Waals surface area (Å²) >= 11 is 13.1. The molecule has 0 aliphatic rings. The fourth-order valence-electron chi connectivity index (χ4n) is 1.51. The summed E-state index contributed by atoms with van der Waals surface area (Å²) in [5.41, 5.74) is 0. The van der Waals surface area contributed by atoms with Crippen molar-refractivity contribution in [3.05, 3.63) is 28.2 Å². The molecule has 1 atom stereocenters. The molecule has 1 aromatic carbocycles. The summed E-state index contributed by atoms with van der Waals surface area (Å²) in [6, 6.07) is 4.68. The van der Waals surface area contributed by atoms with Crippen LogP contribution in [0, 0.1) is 0 Å². The molecule has 0 saturated heterocycles. The number of hydrogen-bond donors (Lipinski definition) is 2. The lowest BCUT2D eigenvalue weighted by atomic mass is 10.1. The minimum absolute atomic E-state index is 0.0785. The van der Waals surface area contributed by atoms with Gasteiger partial charge in [-0.3, -0.25) is 9.59 Å². The summed E-state index contributed by atoms with van der Waals surface area (Å²) in [6.07, 6.45) is 0.492. The van der Waals surface area contributed by atoms with Gasteiger partial charge in [0.1, 0.15) is 0 Å². The largest absolute Gasteiger partial charge is 0.481 e. The van der Waals surface area contributed by atoms with Crippen LogP contribution < -0.4 is 5.32 Å². The Hall–Kier alpha value is -0.910. The molecule has 0 radical (unpaired) electrons. The van der Waals surface area contributed by atoms with Gasteiger partial charge in [0.15, 0.2) is 0 Å². The first-order valence-corrected chi connectivity index (χ1v) is 7.75. The fourth-order valence-corrected chi connectivity index (χ4v) is 2.81. The smallest absolute Gasteiger partial charge is 0.305 e. The number of nitrogens with one attached hydrogen (secondary N) is 1. The average Bonchev–Trinajstić information content (AvgIpc) is 2.38. The Bertz CT molecular complexity index is 497. The maximum absolute atomic E-state index is 11.8. The molecule has 7 heteroatoms. The number of aliphatic carboxylic acids is 1. The summed E-state index contributed by atoms with van der Waals surface area (Å²) < 4.78 is 0. The molecule has 0 aliphatic carbocycles. The number of rotatable bonds is 7. The van der Waals surface area contributed by atoms with E-state index in [1.54, 1.807) is 18.2 Å². The highest BCUT2D eigenvalue weighted by Crippen LogP contribution is 2.29. The maximum atomic E-state index is 11.8. The Labute approximate surface area is 131 Å². The van der Waals surface area contributed by atoms with Crippen LogP contribution in [0.15, 0.2) is 23.1 Å². The van der Waals surface area contributed by atoms with Gasteiger partial charge in [0.05, 0.1) is 17.2 Å². The molecule has 0 bridgehead atoms. The van der Waals surface area contributed by atoms with Crippen LogP contribution in [0.4, 0.5) is 0 Å². The van der Waals surface area contributed by atoms with Crippen molar-refractivity contribution in [3.63, 3.8) is 0 Å². The number of carbonyl (C=O) groups is 2. The standard InChI is InChI=1S/C13H15Cl2NO3S/c1-2-9(6-13(18)19)16-12(17)7-20-11-5-8(14)3-4-10(11)15/h3-5,9H,2,6-7H2,1H3,(H,16,17)(H,18,19). The predicted molar refractivity (Wildman–Crippen MR) is 81.7 cm³/mol. The number of hydrogen-bond acceptors (Lipinski definition) is 3. The third-order valence-corrected chi connectivity index (χ3v) is 4.26. The monoisotopic (exact) mass is 335 g/mol. The van der Waals surface area contributed by atoms with Crippen LogP contribution in [0.25, 0.3) is 0 Å². The molecule has 0 fully saturated rings. The Balaban J connectivity index is 2.50.